The fourth-order valence-electron chi connectivity index (χ4n) is 1.15. The number of rotatable bonds is 5. The number of amides is 1. The zero-order valence-electron chi connectivity index (χ0n) is 8.66. The number of unbranched alkanes of at least 4 members (excludes halogenated alkanes) is 2. The normalized spacial score (nSPS) is 10.0. The Morgan fingerprint density at radius 1 is 1.53 bits per heavy atom. The van der Waals surface area contributed by atoms with Crippen LogP contribution in [-0.2, 0) is 4.79 Å². The van der Waals surface area contributed by atoms with Gasteiger partial charge in [-0.15, -0.1) is 0 Å². The highest BCUT2D eigenvalue weighted by Crippen LogP contribution is 2.07. The summed E-state index contributed by atoms with van der Waals surface area (Å²) in [5, 5.41) is 2.81. The van der Waals surface area contributed by atoms with Gasteiger partial charge in [0.2, 0.25) is 11.2 Å². The zero-order valence-corrected chi connectivity index (χ0v) is 9.42. The van der Waals surface area contributed by atoms with E-state index in [0.29, 0.717) is 12.2 Å². The highest BCUT2D eigenvalue weighted by molar-refractivity contribution is 6.28. The standard InChI is InChI=1S/C10H14ClN3O/c1-2-3-4-5-9(15)13-8-6-7-12-10(11)14-8/h6-7H,2-5H2,1H3,(H,12,13,14,15). The van der Waals surface area contributed by atoms with Crippen molar-refractivity contribution in [3.63, 3.8) is 0 Å². The van der Waals surface area contributed by atoms with Crippen LogP contribution in [0.3, 0.4) is 0 Å². The number of carbonyl (C=O) groups excluding carboxylic acids is 1. The van der Waals surface area contributed by atoms with Crippen molar-refractivity contribution in [2.45, 2.75) is 32.6 Å². The Kier molecular flexibility index (Phi) is 5.04. The fraction of sp³-hybridized carbons (Fsp3) is 0.500. The van der Waals surface area contributed by atoms with Gasteiger partial charge in [-0.3, -0.25) is 4.79 Å². The minimum absolute atomic E-state index is 0.0294. The van der Waals surface area contributed by atoms with Gasteiger partial charge in [0.15, 0.2) is 0 Å². The minimum atomic E-state index is -0.0294. The van der Waals surface area contributed by atoms with Crippen LogP contribution < -0.4 is 5.32 Å². The van der Waals surface area contributed by atoms with E-state index in [1.165, 1.54) is 6.20 Å². The molecule has 0 saturated carbocycles. The summed E-state index contributed by atoms with van der Waals surface area (Å²) in [4.78, 5) is 19.0. The largest absolute Gasteiger partial charge is 0.311 e. The summed E-state index contributed by atoms with van der Waals surface area (Å²) in [6, 6.07) is 1.61. The molecule has 0 saturated heterocycles. The maximum atomic E-state index is 11.4. The van der Waals surface area contributed by atoms with Gasteiger partial charge < -0.3 is 5.32 Å². The molecule has 15 heavy (non-hydrogen) atoms. The van der Waals surface area contributed by atoms with Crippen LogP contribution in [0.1, 0.15) is 32.6 Å². The molecule has 1 heterocycles. The number of nitrogens with one attached hydrogen (secondary N) is 1. The molecule has 1 aromatic heterocycles. The highest BCUT2D eigenvalue weighted by atomic mass is 35.5. The van der Waals surface area contributed by atoms with Crippen LogP contribution in [0.5, 0.6) is 0 Å². The molecule has 0 unspecified atom stereocenters. The number of nitrogens with zero attached hydrogens (tertiary/aromatic N) is 2. The lowest BCUT2D eigenvalue weighted by Gasteiger charge is -2.03. The first kappa shape index (κ1) is 11.9. The molecule has 5 heteroatoms. The lowest BCUT2D eigenvalue weighted by molar-refractivity contribution is -0.116. The average molecular weight is 228 g/mol. The molecule has 0 fully saturated rings. The number of anilines is 1. The van der Waals surface area contributed by atoms with Crippen molar-refractivity contribution >= 4 is 23.3 Å². The van der Waals surface area contributed by atoms with Crippen molar-refractivity contribution in [1.29, 1.82) is 0 Å². The Bertz CT molecular complexity index is 330. The van der Waals surface area contributed by atoms with Crippen molar-refractivity contribution in [1.82, 2.24) is 9.97 Å². The van der Waals surface area contributed by atoms with Gasteiger partial charge in [-0.05, 0) is 24.1 Å². The molecule has 82 valence electrons. The van der Waals surface area contributed by atoms with Crippen molar-refractivity contribution < 1.29 is 4.79 Å². The number of halogens is 1. The quantitative estimate of drug-likeness (QED) is 0.622. The number of hydrogen-bond donors (Lipinski definition) is 1. The van der Waals surface area contributed by atoms with Crippen LogP contribution in [-0.4, -0.2) is 15.9 Å². The smallest absolute Gasteiger partial charge is 0.225 e. The molecular formula is C10H14ClN3O. The summed E-state index contributed by atoms with van der Waals surface area (Å²) in [7, 11) is 0. The van der Waals surface area contributed by atoms with E-state index in [1.807, 2.05) is 0 Å². The summed E-state index contributed by atoms with van der Waals surface area (Å²) >= 11 is 5.58. The van der Waals surface area contributed by atoms with Crippen molar-refractivity contribution in [3.05, 3.63) is 17.5 Å². The molecule has 4 nitrogen and oxygen atoms in total. The predicted molar refractivity (Wildman–Crippen MR) is 59.8 cm³/mol. The van der Waals surface area contributed by atoms with Crippen LogP contribution in [0.2, 0.25) is 5.28 Å². The first-order chi connectivity index (χ1) is 7.22. The second-order valence-electron chi connectivity index (χ2n) is 3.22. The molecule has 0 aromatic carbocycles. The number of aromatic nitrogens is 2. The fourth-order valence-corrected chi connectivity index (χ4v) is 1.29. The van der Waals surface area contributed by atoms with Crippen molar-refractivity contribution in [2.75, 3.05) is 5.32 Å². The SMILES string of the molecule is CCCCCC(=O)Nc1ccnc(Cl)n1. The molecule has 1 N–H and O–H groups in total. The maximum Gasteiger partial charge on any atom is 0.225 e. The molecule has 0 spiro atoms. The summed E-state index contributed by atoms with van der Waals surface area (Å²) < 4.78 is 0. The third kappa shape index (κ3) is 4.74. The van der Waals surface area contributed by atoms with E-state index < -0.39 is 0 Å². The Morgan fingerprint density at radius 2 is 2.33 bits per heavy atom. The van der Waals surface area contributed by atoms with Crippen LogP contribution in [0.4, 0.5) is 5.82 Å². The van der Waals surface area contributed by atoms with Crippen LogP contribution in [0, 0.1) is 0 Å². The Balaban J connectivity index is 2.37. The Labute approximate surface area is 94.1 Å². The Hall–Kier alpha value is -1.16. The van der Waals surface area contributed by atoms with Crippen LogP contribution in [0.15, 0.2) is 12.3 Å². The van der Waals surface area contributed by atoms with Gasteiger partial charge in [0.05, 0.1) is 0 Å². The van der Waals surface area contributed by atoms with E-state index >= 15 is 0 Å². The van der Waals surface area contributed by atoms with E-state index in [1.54, 1.807) is 6.07 Å². The summed E-state index contributed by atoms with van der Waals surface area (Å²) in [6.45, 7) is 2.10. The van der Waals surface area contributed by atoms with E-state index in [0.717, 1.165) is 19.3 Å². The topological polar surface area (TPSA) is 54.9 Å². The molecule has 0 aliphatic carbocycles. The predicted octanol–water partition coefficient (Wildman–Crippen LogP) is 2.65. The minimum Gasteiger partial charge on any atom is -0.311 e. The van der Waals surface area contributed by atoms with Crippen LogP contribution >= 0.6 is 11.6 Å². The van der Waals surface area contributed by atoms with Gasteiger partial charge in [0.25, 0.3) is 0 Å². The van der Waals surface area contributed by atoms with Gasteiger partial charge in [-0.2, -0.15) is 0 Å². The monoisotopic (exact) mass is 227 g/mol. The maximum absolute atomic E-state index is 11.4. The summed E-state index contributed by atoms with van der Waals surface area (Å²) in [5.74, 6) is 0.426. The molecule has 0 aliphatic rings. The van der Waals surface area contributed by atoms with Crippen molar-refractivity contribution in [3.8, 4) is 0 Å². The molecule has 0 atom stereocenters. The van der Waals surface area contributed by atoms with E-state index in [-0.39, 0.29) is 11.2 Å². The molecular weight excluding hydrogens is 214 g/mol. The number of carbonyl (C=O) groups is 1. The van der Waals surface area contributed by atoms with Gasteiger partial charge in [-0.25, -0.2) is 9.97 Å². The highest BCUT2D eigenvalue weighted by Gasteiger charge is 2.03. The first-order valence-electron chi connectivity index (χ1n) is 5.00. The average Bonchev–Trinajstić information content (AvgIpc) is 2.18. The van der Waals surface area contributed by atoms with E-state index in [2.05, 4.69) is 22.2 Å². The summed E-state index contributed by atoms with van der Waals surface area (Å²) in [5.41, 5.74) is 0. The molecule has 1 rings (SSSR count). The summed E-state index contributed by atoms with van der Waals surface area (Å²) in [6.07, 6.45) is 5.11. The van der Waals surface area contributed by atoms with Crippen molar-refractivity contribution in [2.24, 2.45) is 0 Å². The molecule has 0 bridgehead atoms. The Morgan fingerprint density at radius 3 is 3.00 bits per heavy atom. The third-order valence-corrected chi connectivity index (χ3v) is 2.08. The third-order valence-electron chi connectivity index (χ3n) is 1.90. The van der Waals surface area contributed by atoms with Crippen LogP contribution in [0.25, 0.3) is 0 Å². The molecule has 1 aromatic rings. The van der Waals surface area contributed by atoms with Gasteiger partial charge in [0.1, 0.15) is 5.82 Å². The lowest BCUT2D eigenvalue weighted by atomic mass is 10.2. The molecule has 0 radical (unpaired) electrons. The van der Waals surface area contributed by atoms with Gasteiger partial charge >= 0.3 is 0 Å². The second-order valence-corrected chi connectivity index (χ2v) is 3.55. The van der Waals surface area contributed by atoms with E-state index in [9.17, 15) is 4.79 Å². The number of hydrogen-bond acceptors (Lipinski definition) is 3. The molecule has 0 aliphatic heterocycles. The van der Waals surface area contributed by atoms with Gasteiger partial charge in [-0.1, -0.05) is 19.8 Å². The molecule has 1 amide bonds. The van der Waals surface area contributed by atoms with E-state index in [4.69, 9.17) is 11.6 Å². The zero-order chi connectivity index (χ0) is 11.1. The first-order valence-corrected chi connectivity index (χ1v) is 5.38. The second kappa shape index (κ2) is 6.35. The lowest BCUT2D eigenvalue weighted by Crippen LogP contribution is -2.12. The van der Waals surface area contributed by atoms with Gasteiger partial charge in [0, 0.05) is 12.6 Å².